The molecule has 1 heterocycles. The predicted molar refractivity (Wildman–Crippen MR) is 73.6 cm³/mol. The molecule has 1 aromatic heterocycles. The molecule has 6 heteroatoms. The standard InChI is InChI=1S/C12H14ClN3OS/c1-7-4-5-9(13)10(6-7)17-8(2)11-14-15-12(18)16(11)3/h4-6,8H,1-3H3,(H,15,18)/t8-/m1/s1. The molecule has 0 saturated heterocycles. The molecule has 1 aromatic carbocycles. The van der Waals surface area contributed by atoms with Gasteiger partial charge in [0.1, 0.15) is 5.75 Å². The normalized spacial score (nSPS) is 12.4. The molecule has 0 aliphatic heterocycles. The van der Waals surface area contributed by atoms with Crippen molar-refractivity contribution in [2.24, 2.45) is 7.05 Å². The molecule has 0 aliphatic rings. The summed E-state index contributed by atoms with van der Waals surface area (Å²) in [4.78, 5) is 0. The lowest BCUT2D eigenvalue weighted by Crippen LogP contribution is -2.10. The molecule has 0 amide bonds. The van der Waals surface area contributed by atoms with Crippen LogP contribution < -0.4 is 4.74 Å². The minimum Gasteiger partial charge on any atom is -0.481 e. The Morgan fingerprint density at radius 3 is 2.83 bits per heavy atom. The average molecular weight is 284 g/mol. The highest BCUT2D eigenvalue weighted by atomic mass is 35.5. The van der Waals surface area contributed by atoms with E-state index in [9.17, 15) is 0 Å². The quantitative estimate of drug-likeness (QED) is 0.876. The van der Waals surface area contributed by atoms with Gasteiger partial charge < -0.3 is 9.30 Å². The maximum atomic E-state index is 6.09. The number of ether oxygens (including phenoxy) is 1. The Labute approximate surface area is 116 Å². The molecule has 96 valence electrons. The van der Waals surface area contributed by atoms with Crippen LogP contribution in [0.2, 0.25) is 5.02 Å². The van der Waals surface area contributed by atoms with Crippen molar-refractivity contribution in [3.8, 4) is 5.75 Å². The smallest absolute Gasteiger partial charge is 0.195 e. The van der Waals surface area contributed by atoms with E-state index >= 15 is 0 Å². The summed E-state index contributed by atoms with van der Waals surface area (Å²) in [5.41, 5.74) is 1.09. The minimum absolute atomic E-state index is 0.234. The Hall–Kier alpha value is -1.33. The molecule has 0 saturated carbocycles. The number of halogens is 1. The summed E-state index contributed by atoms with van der Waals surface area (Å²) >= 11 is 11.2. The van der Waals surface area contributed by atoms with Gasteiger partial charge in [-0.05, 0) is 43.8 Å². The first-order valence-electron chi connectivity index (χ1n) is 5.53. The molecule has 18 heavy (non-hydrogen) atoms. The number of aromatic nitrogens is 3. The summed E-state index contributed by atoms with van der Waals surface area (Å²) in [5, 5.41) is 7.46. The van der Waals surface area contributed by atoms with E-state index in [0.29, 0.717) is 15.5 Å². The van der Waals surface area contributed by atoms with Crippen molar-refractivity contribution in [2.45, 2.75) is 20.0 Å². The Bertz CT molecular complexity index is 620. The average Bonchev–Trinajstić information content (AvgIpc) is 2.65. The van der Waals surface area contributed by atoms with Crippen LogP contribution in [0.1, 0.15) is 24.4 Å². The maximum Gasteiger partial charge on any atom is 0.195 e. The summed E-state index contributed by atoms with van der Waals surface area (Å²) in [6.45, 7) is 3.90. The summed E-state index contributed by atoms with van der Waals surface area (Å²) in [5.74, 6) is 1.38. The van der Waals surface area contributed by atoms with E-state index in [1.54, 1.807) is 4.57 Å². The van der Waals surface area contributed by atoms with Crippen LogP contribution in [0.4, 0.5) is 0 Å². The number of benzene rings is 1. The molecule has 0 unspecified atom stereocenters. The lowest BCUT2D eigenvalue weighted by atomic mass is 10.2. The van der Waals surface area contributed by atoms with Crippen LogP contribution in [-0.2, 0) is 7.05 Å². The van der Waals surface area contributed by atoms with Crippen molar-refractivity contribution in [1.29, 1.82) is 0 Å². The predicted octanol–water partition coefficient (Wildman–Crippen LogP) is 3.58. The van der Waals surface area contributed by atoms with Gasteiger partial charge in [0.15, 0.2) is 16.7 Å². The molecule has 0 bridgehead atoms. The van der Waals surface area contributed by atoms with E-state index in [-0.39, 0.29) is 6.10 Å². The maximum absolute atomic E-state index is 6.09. The Morgan fingerprint density at radius 2 is 2.22 bits per heavy atom. The molecular weight excluding hydrogens is 270 g/mol. The van der Waals surface area contributed by atoms with Gasteiger partial charge in [0.25, 0.3) is 0 Å². The van der Waals surface area contributed by atoms with Crippen molar-refractivity contribution in [1.82, 2.24) is 14.8 Å². The number of hydrogen-bond acceptors (Lipinski definition) is 3. The highest BCUT2D eigenvalue weighted by Crippen LogP contribution is 2.29. The minimum atomic E-state index is -0.234. The fraction of sp³-hybridized carbons (Fsp3) is 0.333. The first-order chi connectivity index (χ1) is 8.49. The summed E-state index contributed by atoms with van der Waals surface area (Å²) in [6.07, 6.45) is -0.234. The molecule has 0 fully saturated rings. The van der Waals surface area contributed by atoms with Crippen molar-refractivity contribution in [3.63, 3.8) is 0 Å². The van der Waals surface area contributed by atoms with Gasteiger partial charge >= 0.3 is 0 Å². The molecule has 0 radical (unpaired) electrons. The zero-order chi connectivity index (χ0) is 13.3. The second kappa shape index (κ2) is 5.12. The number of aryl methyl sites for hydroxylation is 1. The lowest BCUT2D eigenvalue weighted by molar-refractivity contribution is 0.212. The van der Waals surface area contributed by atoms with Crippen LogP contribution in [0.5, 0.6) is 5.75 Å². The van der Waals surface area contributed by atoms with Crippen LogP contribution in [0, 0.1) is 11.7 Å². The van der Waals surface area contributed by atoms with Crippen molar-refractivity contribution >= 4 is 23.8 Å². The zero-order valence-corrected chi connectivity index (χ0v) is 12.0. The van der Waals surface area contributed by atoms with E-state index in [0.717, 1.165) is 11.4 Å². The zero-order valence-electron chi connectivity index (χ0n) is 10.4. The van der Waals surface area contributed by atoms with Crippen LogP contribution in [0.3, 0.4) is 0 Å². The van der Waals surface area contributed by atoms with E-state index in [1.807, 2.05) is 39.1 Å². The third kappa shape index (κ3) is 2.57. The third-order valence-electron chi connectivity index (χ3n) is 2.67. The number of rotatable bonds is 3. The Kier molecular flexibility index (Phi) is 3.73. The highest BCUT2D eigenvalue weighted by Gasteiger charge is 2.15. The van der Waals surface area contributed by atoms with Gasteiger partial charge in [0.05, 0.1) is 5.02 Å². The van der Waals surface area contributed by atoms with Gasteiger partial charge in [-0.25, -0.2) is 0 Å². The number of hydrogen-bond donors (Lipinski definition) is 1. The van der Waals surface area contributed by atoms with Gasteiger partial charge in [0.2, 0.25) is 0 Å². The number of H-pyrrole nitrogens is 1. The lowest BCUT2D eigenvalue weighted by Gasteiger charge is -2.15. The van der Waals surface area contributed by atoms with Crippen LogP contribution in [-0.4, -0.2) is 14.8 Å². The fourth-order valence-corrected chi connectivity index (χ4v) is 1.97. The van der Waals surface area contributed by atoms with Gasteiger partial charge in [-0.2, -0.15) is 5.10 Å². The van der Waals surface area contributed by atoms with Crippen molar-refractivity contribution < 1.29 is 4.74 Å². The SMILES string of the molecule is Cc1ccc(Cl)c(O[C@H](C)c2n[nH]c(=S)n2C)c1. The van der Waals surface area contributed by atoms with Gasteiger partial charge in [-0.15, -0.1) is 0 Å². The highest BCUT2D eigenvalue weighted by molar-refractivity contribution is 7.71. The van der Waals surface area contributed by atoms with E-state index in [4.69, 9.17) is 28.6 Å². The van der Waals surface area contributed by atoms with Gasteiger partial charge in [-0.1, -0.05) is 17.7 Å². The molecule has 0 aliphatic carbocycles. The molecule has 2 aromatic rings. The third-order valence-corrected chi connectivity index (χ3v) is 3.35. The molecule has 1 N–H and O–H groups in total. The Morgan fingerprint density at radius 1 is 1.50 bits per heavy atom. The largest absolute Gasteiger partial charge is 0.481 e. The van der Waals surface area contributed by atoms with Crippen LogP contribution in [0.15, 0.2) is 18.2 Å². The summed E-state index contributed by atoms with van der Waals surface area (Å²) in [7, 11) is 1.85. The topological polar surface area (TPSA) is 42.8 Å². The van der Waals surface area contributed by atoms with E-state index in [2.05, 4.69) is 10.2 Å². The molecule has 4 nitrogen and oxygen atoms in total. The second-order valence-corrected chi connectivity index (χ2v) is 4.93. The van der Waals surface area contributed by atoms with E-state index < -0.39 is 0 Å². The van der Waals surface area contributed by atoms with Gasteiger partial charge in [-0.3, -0.25) is 5.10 Å². The van der Waals surface area contributed by atoms with Crippen molar-refractivity contribution in [2.75, 3.05) is 0 Å². The number of nitrogens with zero attached hydrogens (tertiary/aromatic N) is 2. The summed E-state index contributed by atoms with van der Waals surface area (Å²) in [6, 6.07) is 5.66. The molecule has 2 rings (SSSR count). The van der Waals surface area contributed by atoms with Crippen LogP contribution in [0.25, 0.3) is 0 Å². The van der Waals surface area contributed by atoms with Crippen molar-refractivity contribution in [3.05, 3.63) is 39.4 Å². The van der Waals surface area contributed by atoms with Crippen LogP contribution >= 0.6 is 23.8 Å². The molecular formula is C12H14ClN3OS. The van der Waals surface area contributed by atoms with Gasteiger partial charge in [0, 0.05) is 7.05 Å². The second-order valence-electron chi connectivity index (χ2n) is 4.14. The fourth-order valence-electron chi connectivity index (χ4n) is 1.67. The number of nitrogens with one attached hydrogen (secondary N) is 1. The number of aromatic amines is 1. The Balaban J connectivity index is 2.26. The molecule has 1 atom stereocenters. The summed E-state index contributed by atoms with van der Waals surface area (Å²) < 4.78 is 8.17. The van der Waals surface area contributed by atoms with E-state index in [1.165, 1.54) is 0 Å². The monoisotopic (exact) mass is 283 g/mol. The first-order valence-corrected chi connectivity index (χ1v) is 6.31. The first kappa shape index (κ1) is 13.1. The molecule has 0 spiro atoms.